The Labute approximate surface area is 137 Å². The summed E-state index contributed by atoms with van der Waals surface area (Å²) in [5.74, 6) is 0.599. The molecule has 1 saturated heterocycles. The molecule has 1 fully saturated rings. The molecule has 3 aromatic rings. The molecule has 124 valence electrons. The maximum absolute atomic E-state index is 9.92. The Balaban J connectivity index is 1.67. The Morgan fingerprint density at radius 1 is 1.21 bits per heavy atom. The third kappa shape index (κ3) is 2.60. The number of anilines is 2. The van der Waals surface area contributed by atoms with Gasteiger partial charge in [-0.15, -0.1) is 0 Å². The molecular weight excluding hydrogens is 310 g/mol. The fourth-order valence-electron chi connectivity index (χ4n) is 2.86. The Hall–Kier alpha value is -2.55. The number of aliphatic hydroxyl groups excluding tert-OH is 2. The van der Waals surface area contributed by atoms with E-state index in [2.05, 4.69) is 20.3 Å². The summed E-state index contributed by atoms with van der Waals surface area (Å²) in [5.41, 5.74) is 2.13. The second-order valence-corrected chi connectivity index (χ2v) is 5.65. The van der Waals surface area contributed by atoms with Crippen LogP contribution < -0.4 is 5.32 Å². The number of nitrogens with one attached hydrogen (secondary N) is 1. The SMILES string of the molecule is OC[C@H]1O[C@@H](n2cnc3c(Nc4ccccc4)ncnc32)C[C@@H]1O. The van der Waals surface area contributed by atoms with Gasteiger partial charge in [-0.2, -0.15) is 0 Å². The normalized spacial score (nSPS) is 23.7. The van der Waals surface area contributed by atoms with E-state index in [0.29, 0.717) is 23.4 Å². The lowest BCUT2D eigenvalue weighted by Crippen LogP contribution is -2.24. The van der Waals surface area contributed by atoms with Crippen molar-refractivity contribution >= 4 is 22.7 Å². The maximum Gasteiger partial charge on any atom is 0.167 e. The zero-order valence-corrected chi connectivity index (χ0v) is 12.8. The Morgan fingerprint density at radius 3 is 2.79 bits per heavy atom. The van der Waals surface area contributed by atoms with Crippen molar-refractivity contribution in [3.05, 3.63) is 43.0 Å². The van der Waals surface area contributed by atoms with E-state index in [1.807, 2.05) is 30.3 Å². The summed E-state index contributed by atoms with van der Waals surface area (Å²) < 4.78 is 7.43. The lowest BCUT2D eigenvalue weighted by molar-refractivity contribution is -0.0432. The summed E-state index contributed by atoms with van der Waals surface area (Å²) in [4.78, 5) is 12.9. The second kappa shape index (κ2) is 6.16. The first-order valence-electron chi connectivity index (χ1n) is 7.70. The topological polar surface area (TPSA) is 105 Å². The van der Waals surface area contributed by atoms with Crippen molar-refractivity contribution < 1.29 is 14.9 Å². The van der Waals surface area contributed by atoms with Gasteiger partial charge in [0.1, 0.15) is 18.7 Å². The summed E-state index contributed by atoms with van der Waals surface area (Å²) in [6, 6.07) is 9.68. The highest BCUT2D eigenvalue weighted by Gasteiger charge is 2.35. The van der Waals surface area contributed by atoms with Crippen LogP contribution in [-0.2, 0) is 4.74 Å². The van der Waals surface area contributed by atoms with Gasteiger partial charge in [0.05, 0.1) is 19.0 Å². The highest BCUT2D eigenvalue weighted by Crippen LogP contribution is 2.31. The molecule has 8 heteroatoms. The van der Waals surface area contributed by atoms with Gasteiger partial charge in [0, 0.05) is 12.1 Å². The number of imidazole rings is 1. The number of rotatable bonds is 4. The van der Waals surface area contributed by atoms with E-state index in [9.17, 15) is 10.2 Å². The minimum absolute atomic E-state index is 0.222. The van der Waals surface area contributed by atoms with E-state index in [0.717, 1.165) is 5.69 Å². The minimum atomic E-state index is -0.707. The molecule has 3 heterocycles. The van der Waals surface area contributed by atoms with Crippen LogP contribution in [-0.4, -0.2) is 48.5 Å². The summed E-state index contributed by atoms with van der Waals surface area (Å²) in [5, 5.41) is 22.4. The molecule has 0 aliphatic carbocycles. The van der Waals surface area contributed by atoms with E-state index < -0.39 is 18.4 Å². The van der Waals surface area contributed by atoms with Crippen molar-refractivity contribution in [3.63, 3.8) is 0 Å². The van der Waals surface area contributed by atoms with E-state index in [4.69, 9.17) is 4.74 Å². The van der Waals surface area contributed by atoms with Crippen LogP contribution in [0.25, 0.3) is 11.2 Å². The molecule has 3 atom stereocenters. The van der Waals surface area contributed by atoms with Gasteiger partial charge in [0.15, 0.2) is 17.0 Å². The van der Waals surface area contributed by atoms with Crippen LogP contribution in [0.4, 0.5) is 11.5 Å². The fraction of sp³-hybridized carbons (Fsp3) is 0.312. The van der Waals surface area contributed by atoms with Crippen LogP contribution in [0.15, 0.2) is 43.0 Å². The van der Waals surface area contributed by atoms with Gasteiger partial charge in [0.2, 0.25) is 0 Å². The third-order valence-corrected chi connectivity index (χ3v) is 4.09. The first-order chi connectivity index (χ1) is 11.8. The number of aromatic nitrogens is 4. The molecule has 2 aromatic heterocycles. The molecule has 0 radical (unpaired) electrons. The van der Waals surface area contributed by atoms with Crippen LogP contribution in [0.5, 0.6) is 0 Å². The zero-order chi connectivity index (χ0) is 16.5. The third-order valence-electron chi connectivity index (χ3n) is 4.09. The molecule has 8 nitrogen and oxygen atoms in total. The monoisotopic (exact) mass is 327 g/mol. The van der Waals surface area contributed by atoms with E-state index in [1.54, 1.807) is 10.9 Å². The van der Waals surface area contributed by atoms with Crippen LogP contribution >= 0.6 is 0 Å². The first-order valence-corrected chi connectivity index (χ1v) is 7.70. The lowest BCUT2D eigenvalue weighted by atomic mass is 10.2. The van der Waals surface area contributed by atoms with Gasteiger partial charge >= 0.3 is 0 Å². The molecule has 24 heavy (non-hydrogen) atoms. The summed E-state index contributed by atoms with van der Waals surface area (Å²) in [7, 11) is 0. The van der Waals surface area contributed by atoms with E-state index in [-0.39, 0.29) is 6.61 Å². The molecule has 1 aliphatic rings. The Kier molecular flexibility index (Phi) is 3.85. The standard InChI is InChI=1S/C16H17N5O3/c22-7-12-11(23)6-13(24-12)21-9-19-14-15(17-8-18-16(14)21)20-10-4-2-1-3-5-10/h1-5,8-9,11-13,22-23H,6-7H2,(H,17,18,20)/t11-,12+,13+/m0/s1. The first kappa shape index (κ1) is 15.0. The number of hydrogen-bond acceptors (Lipinski definition) is 7. The molecule has 0 unspecified atom stereocenters. The van der Waals surface area contributed by atoms with E-state index >= 15 is 0 Å². The summed E-state index contributed by atoms with van der Waals surface area (Å²) in [6.07, 6.45) is 1.74. The van der Waals surface area contributed by atoms with Crippen molar-refractivity contribution in [1.29, 1.82) is 0 Å². The highest BCUT2D eigenvalue weighted by molar-refractivity contribution is 5.85. The zero-order valence-electron chi connectivity index (χ0n) is 12.8. The molecule has 0 bridgehead atoms. The molecule has 0 amide bonds. The smallest absolute Gasteiger partial charge is 0.167 e. The highest BCUT2D eigenvalue weighted by atomic mass is 16.5. The van der Waals surface area contributed by atoms with Gasteiger partial charge in [-0.05, 0) is 12.1 Å². The number of hydrogen-bond donors (Lipinski definition) is 3. The average molecular weight is 327 g/mol. The largest absolute Gasteiger partial charge is 0.394 e. The van der Waals surface area contributed by atoms with Crippen LogP contribution in [0.3, 0.4) is 0 Å². The van der Waals surface area contributed by atoms with Crippen LogP contribution in [0.2, 0.25) is 0 Å². The maximum atomic E-state index is 9.92. The molecule has 1 aliphatic heterocycles. The predicted octanol–water partition coefficient (Wildman–Crippen LogP) is 1.21. The predicted molar refractivity (Wildman–Crippen MR) is 86.7 cm³/mol. The molecule has 4 rings (SSSR count). The molecule has 0 saturated carbocycles. The Bertz CT molecular complexity index is 838. The van der Waals surface area contributed by atoms with E-state index in [1.165, 1.54) is 6.33 Å². The van der Waals surface area contributed by atoms with Gasteiger partial charge in [-0.25, -0.2) is 15.0 Å². The molecule has 0 spiro atoms. The number of para-hydroxylation sites is 1. The second-order valence-electron chi connectivity index (χ2n) is 5.65. The van der Waals surface area contributed by atoms with Gasteiger partial charge in [-0.1, -0.05) is 18.2 Å². The summed E-state index contributed by atoms with van der Waals surface area (Å²) in [6.45, 7) is -0.222. The Morgan fingerprint density at radius 2 is 2.04 bits per heavy atom. The lowest BCUT2D eigenvalue weighted by Gasteiger charge is -2.13. The number of benzene rings is 1. The van der Waals surface area contributed by atoms with Crippen LogP contribution in [0, 0.1) is 0 Å². The van der Waals surface area contributed by atoms with Gasteiger partial charge in [0.25, 0.3) is 0 Å². The molecular formula is C16H17N5O3. The van der Waals surface area contributed by atoms with Crippen molar-refractivity contribution in [3.8, 4) is 0 Å². The van der Waals surface area contributed by atoms with Crippen molar-refractivity contribution in [2.75, 3.05) is 11.9 Å². The van der Waals surface area contributed by atoms with Gasteiger partial charge < -0.3 is 20.3 Å². The van der Waals surface area contributed by atoms with Gasteiger partial charge in [-0.3, -0.25) is 4.57 Å². The minimum Gasteiger partial charge on any atom is -0.394 e. The van der Waals surface area contributed by atoms with Crippen molar-refractivity contribution in [2.45, 2.75) is 24.9 Å². The molecule has 1 aromatic carbocycles. The van der Waals surface area contributed by atoms with Crippen LogP contribution in [0.1, 0.15) is 12.6 Å². The quantitative estimate of drug-likeness (QED) is 0.661. The fourth-order valence-corrected chi connectivity index (χ4v) is 2.86. The number of aliphatic hydroxyl groups is 2. The number of nitrogens with zero attached hydrogens (tertiary/aromatic N) is 4. The number of ether oxygens (including phenoxy) is 1. The summed E-state index contributed by atoms with van der Waals surface area (Å²) >= 11 is 0. The van der Waals surface area contributed by atoms with Crippen molar-refractivity contribution in [2.24, 2.45) is 0 Å². The average Bonchev–Trinajstić information content (AvgIpc) is 3.19. The molecule has 3 N–H and O–H groups in total. The van der Waals surface area contributed by atoms with Crippen molar-refractivity contribution in [1.82, 2.24) is 19.5 Å². The number of fused-ring (bicyclic) bond motifs is 1.